The van der Waals surface area contributed by atoms with E-state index in [0.717, 1.165) is 11.3 Å². The van der Waals surface area contributed by atoms with Crippen LogP contribution < -0.4 is 19.8 Å². The smallest absolute Gasteiger partial charge is 0.355 e. The van der Waals surface area contributed by atoms with E-state index in [1.807, 2.05) is 18.2 Å². The van der Waals surface area contributed by atoms with Crippen LogP contribution in [0.15, 0.2) is 84.0 Å². The van der Waals surface area contributed by atoms with Gasteiger partial charge in [-0.3, -0.25) is 19.3 Å². The molecule has 0 saturated carbocycles. The maximum atomic E-state index is 14.1. The van der Waals surface area contributed by atoms with Gasteiger partial charge in [0.2, 0.25) is 0 Å². The molecule has 10 heteroatoms. The maximum absolute atomic E-state index is 14.1. The van der Waals surface area contributed by atoms with E-state index in [1.165, 1.54) is 25.9 Å². The van der Waals surface area contributed by atoms with Gasteiger partial charge in [0.15, 0.2) is 0 Å². The Bertz CT molecular complexity index is 1750. The number of aromatic nitrogens is 3. The summed E-state index contributed by atoms with van der Waals surface area (Å²) >= 11 is 6.46. The van der Waals surface area contributed by atoms with Crippen LogP contribution in [-0.2, 0) is 17.9 Å². The van der Waals surface area contributed by atoms with Gasteiger partial charge in [-0.2, -0.15) is 0 Å². The Kier molecular flexibility index (Phi) is 8.16. The molecule has 208 valence electrons. The van der Waals surface area contributed by atoms with Gasteiger partial charge >= 0.3 is 5.97 Å². The fourth-order valence-corrected chi connectivity index (χ4v) is 4.86. The van der Waals surface area contributed by atoms with Gasteiger partial charge in [0, 0.05) is 24.2 Å². The molecule has 0 aliphatic heterocycles. The zero-order valence-corrected chi connectivity index (χ0v) is 23.3. The van der Waals surface area contributed by atoms with Crippen molar-refractivity contribution in [1.82, 2.24) is 14.5 Å². The minimum Gasteiger partial charge on any atom is -0.495 e. The number of benzene rings is 2. The van der Waals surface area contributed by atoms with Crippen molar-refractivity contribution >= 4 is 28.3 Å². The average Bonchev–Trinajstić information content (AvgIpc) is 3.02. The minimum atomic E-state index is -0.684. The standard InChI is InChI=1S/C31H26ClN3O6/c1-38-25-14-20(15-26(39-2)28(25)32)27-23-8-7-22(41-18-21-6-4-5-11-34-21)16-24(23)30(36)35(29(27)31(37)40-3)17-19-9-12-33-13-10-19/h4-16H,17-18H2,1-3H3. The molecule has 5 aromatic rings. The van der Waals surface area contributed by atoms with E-state index in [1.54, 1.807) is 61.1 Å². The normalized spacial score (nSPS) is 10.8. The molecule has 0 unspecified atom stereocenters. The van der Waals surface area contributed by atoms with E-state index >= 15 is 0 Å². The van der Waals surface area contributed by atoms with Crippen molar-refractivity contribution in [3.05, 3.63) is 112 Å². The highest BCUT2D eigenvalue weighted by Gasteiger charge is 2.26. The number of pyridine rings is 3. The summed E-state index contributed by atoms with van der Waals surface area (Å²) in [5.74, 6) is 0.467. The number of esters is 1. The van der Waals surface area contributed by atoms with E-state index in [4.69, 9.17) is 30.5 Å². The number of hydrogen-bond acceptors (Lipinski definition) is 8. The molecule has 2 aromatic carbocycles. The highest BCUT2D eigenvalue weighted by Crippen LogP contribution is 2.42. The third-order valence-electron chi connectivity index (χ3n) is 6.56. The Labute approximate surface area is 240 Å². The molecule has 0 saturated heterocycles. The zero-order chi connectivity index (χ0) is 28.9. The molecule has 0 aliphatic rings. The first kappa shape index (κ1) is 27.7. The van der Waals surface area contributed by atoms with Gasteiger partial charge in [0.1, 0.15) is 34.6 Å². The average molecular weight is 572 g/mol. The first-order chi connectivity index (χ1) is 19.9. The Morgan fingerprint density at radius 2 is 1.63 bits per heavy atom. The highest BCUT2D eigenvalue weighted by atomic mass is 35.5. The number of fused-ring (bicyclic) bond motifs is 1. The molecule has 0 fully saturated rings. The van der Waals surface area contributed by atoms with Crippen LogP contribution in [0, 0.1) is 0 Å². The number of carbonyl (C=O) groups is 1. The topological polar surface area (TPSA) is 102 Å². The van der Waals surface area contributed by atoms with Gasteiger partial charge in [0.25, 0.3) is 5.56 Å². The van der Waals surface area contributed by atoms with Crippen LogP contribution in [-0.4, -0.2) is 41.8 Å². The molecule has 0 aliphatic carbocycles. The van der Waals surface area contributed by atoms with Crippen molar-refractivity contribution in [2.75, 3.05) is 21.3 Å². The fraction of sp³-hybridized carbons (Fsp3) is 0.161. The Hall–Kier alpha value is -4.89. The monoisotopic (exact) mass is 571 g/mol. The molecule has 0 atom stereocenters. The number of hydrogen-bond donors (Lipinski definition) is 0. The van der Waals surface area contributed by atoms with E-state index in [2.05, 4.69) is 9.97 Å². The summed E-state index contributed by atoms with van der Waals surface area (Å²) in [7, 11) is 4.24. The van der Waals surface area contributed by atoms with Gasteiger partial charge in [-0.25, -0.2) is 4.79 Å². The molecule has 41 heavy (non-hydrogen) atoms. The van der Waals surface area contributed by atoms with Crippen LogP contribution in [0.1, 0.15) is 21.7 Å². The van der Waals surface area contributed by atoms with E-state index in [-0.39, 0.29) is 23.9 Å². The van der Waals surface area contributed by atoms with Crippen LogP contribution in [0.2, 0.25) is 5.02 Å². The molecule has 0 spiro atoms. The fourth-order valence-electron chi connectivity index (χ4n) is 4.59. The predicted octanol–water partition coefficient (Wildman–Crippen LogP) is 5.54. The van der Waals surface area contributed by atoms with Gasteiger partial charge in [-0.15, -0.1) is 0 Å². The second kappa shape index (κ2) is 12.1. The summed E-state index contributed by atoms with van der Waals surface area (Å²) in [5, 5.41) is 1.13. The van der Waals surface area contributed by atoms with E-state index in [0.29, 0.717) is 39.1 Å². The van der Waals surface area contributed by atoms with Gasteiger partial charge < -0.3 is 18.9 Å². The third-order valence-corrected chi connectivity index (χ3v) is 6.93. The van der Waals surface area contributed by atoms with Crippen molar-refractivity contribution in [2.45, 2.75) is 13.2 Å². The molecule has 0 radical (unpaired) electrons. The van der Waals surface area contributed by atoms with Gasteiger partial charge in [-0.1, -0.05) is 17.7 Å². The van der Waals surface area contributed by atoms with Gasteiger partial charge in [-0.05, 0) is 71.1 Å². The molecule has 5 rings (SSSR count). The van der Waals surface area contributed by atoms with Crippen molar-refractivity contribution < 1.29 is 23.7 Å². The lowest BCUT2D eigenvalue weighted by atomic mass is 9.95. The first-order valence-electron chi connectivity index (χ1n) is 12.6. The number of nitrogens with zero attached hydrogens (tertiary/aromatic N) is 3. The largest absolute Gasteiger partial charge is 0.495 e. The van der Waals surface area contributed by atoms with E-state index in [9.17, 15) is 9.59 Å². The highest BCUT2D eigenvalue weighted by molar-refractivity contribution is 6.33. The van der Waals surface area contributed by atoms with Crippen molar-refractivity contribution in [2.24, 2.45) is 0 Å². The number of carbonyl (C=O) groups excluding carboxylic acids is 1. The third kappa shape index (κ3) is 5.57. The van der Waals surface area contributed by atoms with Crippen LogP contribution in [0.25, 0.3) is 21.9 Å². The molecular formula is C31H26ClN3O6. The predicted molar refractivity (Wildman–Crippen MR) is 155 cm³/mol. The maximum Gasteiger partial charge on any atom is 0.355 e. The van der Waals surface area contributed by atoms with Gasteiger partial charge in [0.05, 0.1) is 39.0 Å². The summed E-state index contributed by atoms with van der Waals surface area (Å²) in [6, 6.07) is 17.6. The number of rotatable bonds is 9. The van der Waals surface area contributed by atoms with E-state index < -0.39 is 11.5 Å². The summed E-state index contributed by atoms with van der Waals surface area (Å²) < 4.78 is 23.6. The lowest BCUT2D eigenvalue weighted by Crippen LogP contribution is -2.28. The van der Waals surface area contributed by atoms with Crippen molar-refractivity contribution in [1.29, 1.82) is 0 Å². The van der Waals surface area contributed by atoms with Crippen molar-refractivity contribution in [3.63, 3.8) is 0 Å². The number of halogens is 1. The zero-order valence-electron chi connectivity index (χ0n) is 22.6. The SMILES string of the molecule is COC(=O)c1c(-c2cc(OC)c(Cl)c(OC)c2)c2ccc(OCc3ccccn3)cc2c(=O)n1Cc1ccncc1. The lowest BCUT2D eigenvalue weighted by molar-refractivity contribution is 0.0588. The summed E-state index contributed by atoms with van der Waals surface area (Å²) in [4.78, 5) is 35.8. The van der Waals surface area contributed by atoms with Crippen LogP contribution in [0.3, 0.4) is 0 Å². The summed E-state index contributed by atoms with van der Waals surface area (Å²) in [6.45, 7) is 0.311. The minimum absolute atomic E-state index is 0.0652. The number of ether oxygens (including phenoxy) is 4. The van der Waals surface area contributed by atoms with Crippen LogP contribution in [0.4, 0.5) is 0 Å². The molecule has 3 heterocycles. The Morgan fingerprint density at radius 1 is 0.902 bits per heavy atom. The van der Waals surface area contributed by atoms with Crippen LogP contribution >= 0.6 is 11.6 Å². The molecular weight excluding hydrogens is 546 g/mol. The molecule has 0 N–H and O–H groups in total. The quantitative estimate of drug-likeness (QED) is 0.212. The second-order valence-electron chi connectivity index (χ2n) is 8.97. The summed E-state index contributed by atoms with van der Waals surface area (Å²) in [6.07, 6.45) is 4.93. The van der Waals surface area contributed by atoms with Crippen LogP contribution in [0.5, 0.6) is 17.2 Å². The molecule has 3 aromatic heterocycles. The molecule has 9 nitrogen and oxygen atoms in total. The number of methoxy groups -OCH3 is 3. The second-order valence-corrected chi connectivity index (χ2v) is 9.35. The molecule has 0 amide bonds. The molecule has 0 bridgehead atoms. The Balaban J connectivity index is 1.79. The lowest BCUT2D eigenvalue weighted by Gasteiger charge is -2.20. The van der Waals surface area contributed by atoms with Crippen molar-refractivity contribution in [3.8, 4) is 28.4 Å². The first-order valence-corrected chi connectivity index (χ1v) is 12.9. The Morgan fingerprint density at radius 3 is 2.27 bits per heavy atom. The summed E-state index contributed by atoms with van der Waals surface area (Å²) in [5.41, 5.74) is 2.17.